The molecule has 0 saturated carbocycles. The van der Waals surface area contributed by atoms with Crippen LogP contribution < -0.4 is 10.1 Å². The molecule has 0 heterocycles. The lowest BCUT2D eigenvalue weighted by atomic mass is 10.2. The first-order chi connectivity index (χ1) is 10.5. The molecule has 1 N–H and O–H groups in total. The third-order valence-corrected chi connectivity index (χ3v) is 2.85. The third kappa shape index (κ3) is 4.86. The quantitative estimate of drug-likeness (QED) is 0.682. The molecule has 2 rings (SSSR count). The molecule has 0 aliphatic rings. The molecule has 2 aromatic carbocycles. The molecule has 0 spiro atoms. The first-order valence-electron chi connectivity index (χ1n) is 6.89. The Morgan fingerprint density at radius 2 is 1.68 bits per heavy atom. The van der Waals surface area contributed by atoms with Gasteiger partial charge in [-0.1, -0.05) is 18.2 Å². The van der Waals surface area contributed by atoms with Gasteiger partial charge in [0.2, 0.25) is 0 Å². The van der Waals surface area contributed by atoms with Crippen molar-refractivity contribution in [2.45, 2.75) is 20.0 Å². The van der Waals surface area contributed by atoms with Gasteiger partial charge in [-0.2, -0.15) is 0 Å². The Kier molecular flexibility index (Phi) is 5.49. The molecule has 0 fully saturated rings. The van der Waals surface area contributed by atoms with Gasteiger partial charge in [0, 0.05) is 5.69 Å². The van der Waals surface area contributed by atoms with Crippen molar-refractivity contribution in [2.24, 2.45) is 0 Å². The number of hydrogen-bond acceptors (Lipinski definition) is 4. The van der Waals surface area contributed by atoms with Crippen molar-refractivity contribution in [3.8, 4) is 5.75 Å². The monoisotopic (exact) mass is 315 g/mol. The number of benzene rings is 2. The zero-order valence-electron chi connectivity index (χ0n) is 12.4. The van der Waals surface area contributed by atoms with Gasteiger partial charge >= 0.3 is 5.97 Å². The van der Waals surface area contributed by atoms with Crippen LogP contribution in [0, 0.1) is 0 Å². The van der Waals surface area contributed by atoms with Crippen molar-refractivity contribution in [2.75, 3.05) is 5.32 Å². The number of para-hydroxylation sites is 1. The van der Waals surface area contributed by atoms with Crippen LogP contribution in [0.4, 0.5) is 5.69 Å². The van der Waals surface area contributed by atoms with Gasteiger partial charge in [0.05, 0.1) is 11.7 Å². The minimum atomic E-state index is -0.355. The molecule has 4 nitrogen and oxygen atoms in total. The average Bonchev–Trinajstić information content (AvgIpc) is 2.48. The van der Waals surface area contributed by atoms with Crippen LogP contribution in [0.25, 0.3) is 0 Å². The third-order valence-electron chi connectivity index (χ3n) is 2.66. The Morgan fingerprint density at radius 3 is 2.27 bits per heavy atom. The lowest BCUT2D eigenvalue weighted by Gasteiger charge is -2.10. The molecule has 2 aromatic rings. The fraction of sp³-hybridized carbons (Fsp3) is 0.176. The van der Waals surface area contributed by atoms with E-state index in [0.29, 0.717) is 11.3 Å². The molecule has 0 unspecified atom stereocenters. The zero-order valence-corrected chi connectivity index (χ0v) is 13.2. The molecule has 0 aromatic heterocycles. The van der Waals surface area contributed by atoms with Crippen LogP contribution in [0.15, 0.2) is 54.6 Å². The molecule has 0 amide bonds. The second-order valence-electron chi connectivity index (χ2n) is 4.86. The predicted molar refractivity (Wildman–Crippen MR) is 90.3 cm³/mol. The van der Waals surface area contributed by atoms with Gasteiger partial charge in [0.15, 0.2) is 0 Å². The van der Waals surface area contributed by atoms with E-state index in [-0.39, 0.29) is 17.2 Å². The molecule has 0 saturated heterocycles. The summed E-state index contributed by atoms with van der Waals surface area (Å²) in [6.45, 7) is 3.62. The molecular weight excluding hydrogens is 298 g/mol. The highest BCUT2D eigenvalue weighted by Crippen LogP contribution is 2.15. The predicted octanol–water partition coefficient (Wildman–Crippen LogP) is 4.03. The molecular formula is C17H17NO3S. The summed E-state index contributed by atoms with van der Waals surface area (Å²) in [5.41, 5.74) is 1.33. The van der Waals surface area contributed by atoms with E-state index in [9.17, 15) is 4.79 Å². The summed E-state index contributed by atoms with van der Waals surface area (Å²) in [6.07, 6.45) is -0.147. The molecule has 0 atom stereocenters. The van der Waals surface area contributed by atoms with Crippen LogP contribution in [0.2, 0.25) is 0 Å². The van der Waals surface area contributed by atoms with Gasteiger partial charge in [-0.25, -0.2) is 4.79 Å². The number of nitrogens with one attached hydrogen (secondary N) is 1. The van der Waals surface area contributed by atoms with Gasteiger partial charge in [0.1, 0.15) is 5.75 Å². The number of hydrogen-bond donors (Lipinski definition) is 1. The normalized spacial score (nSPS) is 10.1. The molecule has 0 bridgehead atoms. The minimum absolute atomic E-state index is 0.147. The van der Waals surface area contributed by atoms with Crippen molar-refractivity contribution in [1.29, 1.82) is 0 Å². The second kappa shape index (κ2) is 7.56. The number of anilines is 1. The smallest absolute Gasteiger partial charge is 0.338 e. The fourth-order valence-corrected chi connectivity index (χ4v) is 1.93. The van der Waals surface area contributed by atoms with Crippen LogP contribution >= 0.6 is 12.2 Å². The van der Waals surface area contributed by atoms with E-state index in [0.717, 1.165) is 5.69 Å². The summed E-state index contributed by atoms with van der Waals surface area (Å²) in [5, 5.41) is 3.21. The van der Waals surface area contributed by atoms with Crippen molar-refractivity contribution < 1.29 is 14.3 Å². The minimum Gasteiger partial charge on any atom is -0.459 e. The summed E-state index contributed by atoms with van der Waals surface area (Å²) in [6, 6.07) is 16.1. The number of carbonyl (C=O) groups is 1. The topological polar surface area (TPSA) is 47.6 Å². The molecule has 0 radical (unpaired) electrons. The first-order valence-corrected chi connectivity index (χ1v) is 7.30. The summed E-state index contributed by atoms with van der Waals surface area (Å²) < 4.78 is 10.6. The Hall–Kier alpha value is -2.40. The average molecular weight is 315 g/mol. The highest BCUT2D eigenvalue weighted by Gasteiger charge is 2.09. The first kappa shape index (κ1) is 16.0. The van der Waals surface area contributed by atoms with Crippen LogP contribution in [-0.4, -0.2) is 17.2 Å². The molecule has 114 valence electrons. The maximum absolute atomic E-state index is 11.7. The largest absolute Gasteiger partial charge is 0.459 e. The van der Waals surface area contributed by atoms with Crippen molar-refractivity contribution >= 4 is 29.0 Å². The van der Waals surface area contributed by atoms with Crippen LogP contribution in [0.5, 0.6) is 5.75 Å². The van der Waals surface area contributed by atoms with E-state index in [2.05, 4.69) is 5.32 Å². The van der Waals surface area contributed by atoms with Crippen molar-refractivity contribution in [1.82, 2.24) is 0 Å². The molecule has 5 heteroatoms. The Bertz CT molecular complexity index is 639. The second-order valence-corrected chi connectivity index (χ2v) is 5.23. The highest BCUT2D eigenvalue weighted by molar-refractivity contribution is 7.80. The number of ether oxygens (including phenoxy) is 2. The van der Waals surface area contributed by atoms with Crippen molar-refractivity contribution in [3.63, 3.8) is 0 Å². The van der Waals surface area contributed by atoms with E-state index in [1.165, 1.54) is 0 Å². The van der Waals surface area contributed by atoms with E-state index < -0.39 is 0 Å². The molecule has 0 aliphatic heterocycles. The van der Waals surface area contributed by atoms with Crippen LogP contribution in [0.3, 0.4) is 0 Å². The van der Waals surface area contributed by atoms with E-state index in [4.69, 9.17) is 21.7 Å². The maximum Gasteiger partial charge on any atom is 0.338 e. The molecule has 22 heavy (non-hydrogen) atoms. The SMILES string of the molecule is CC(C)OC(=O)c1ccc(OC(=S)Nc2ccccc2)cc1. The summed E-state index contributed by atoms with van der Waals surface area (Å²) >= 11 is 5.13. The lowest BCUT2D eigenvalue weighted by molar-refractivity contribution is 0.0378. The molecule has 0 aliphatic carbocycles. The van der Waals surface area contributed by atoms with Gasteiger partial charge in [-0.3, -0.25) is 0 Å². The summed E-state index contributed by atoms with van der Waals surface area (Å²) in [5.74, 6) is 0.195. The van der Waals surface area contributed by atoms with Gasteiger partial charge in [-0.15, -0.1) is 0 Å². The Morgan fingerprint density at radius 1 is 1.05 bits per heavy atom. The zero-order chi connectivity index (χ0) is 15.9. The highest BCUT2D eigenvalue weighted by atomic mass is 32.1. The van der Waals surface area contributed by atoms with E-state index >= 15 is 0 Å². The van der Waals surface area contributed by atoms with Crippen LogP contribution in [0.1, 0.15) is 24.2 Å². The summed E-state index contributed by atoms with van der Waals surface area (Å²) in [4.78, 5) is 11.7. The van der Waals surface area contributed by atoms with E-state index in [1.807, 2.05) is 44.2 Å². The number of rotatable bonds is 4. The van der Waals surface area contributed by atoms with Gasteiger partial charge in [-0.05, 0) is 62.5 Å². The van der Waals surface area contributed by atoms with Crippen molar-refractivity contribution in [3.05, 3.63) is 60.2 Å². The maximum atomic E-state index is 11.7. The van der Waals surface area contributed by atoms with E-state index in [1.54, 1.807) is 24.3 Å². The van der Waals surface area contributed by atoms with Gasteiger partial charge in [0.25, 0.3) is 5.17 Å². The lowest BCUT2D eigenvalue weighted by Crippen LogP contribution is -2.16. The number of esters is 1. The summed E-state index contributed by atoms with van der Waals surface area (Å²) in [7, 11) is 0. The van der Waals surface area contributed by atoms with Gasteiger partial charge < -0.3 is 14.8 Å². The van der Waals surface area contributed by atoms with Crippen LogP contribution in [-0.2, 0) is 4.74 Å². The Labute approximate surface area is 135 Å². The Balaban J connectivity index is 1.93. The number of carbonyl (C=O) groups excluding carboxylic acids is 1. The standard InChI is InChI=1S/C17H17NO3S/c1-12(2)20-16(19)13-8-10-15(11-9-13)21-17(22)18-14-6-4-3-5-7-14/h3-12H,1-2H3,(H,18,22). The number of thiocarbonyl (C=S) groups is 1. The fourth-order valence-electron chi connectivity index (χ4n) is 1.71.